The summed E-state index contributed by atoms with van der Waals surface area (Å²) in [4.78, 5) is 61.3. The molecule has 2 fully saturated rings. The molecule has 10 rings (SSSR count). The lowest BCUT2D eigenvalue weighted by Crippen LogP contribution is -2.51. The number of hydrogen-bond acceptors (Lipinski definition) is 12. The number of carboxylic acid groups (broad SMARTS) is 1. The average Bonchev–Trinajstić information content (AvgIpc) is 3.98. The van der Waals surface area contributed by atoms with Crippen molar-refractivity contribution >= 4 is 33.7 Å². The van der Waals surface area contributed by atoms with Crippen molar-refractivity contribution in [2.75, 3.05) is 60.4 Å². The Labute approximate surface area is 406 Å². The lowest BCUT2D eigenvalue weighted by molar-refractivity contribution is -0.0252. The Bertz CT molecular complexity index is 2840. The average molecular weight is 962 g/mol. The van der Waals surface area contributed by atoms with Crippen molar-refractivity contribution in [3.8, 4) is 11.8 Å². The second-order valence-corrected chi connectivity index (χ2v) is 17.8. The number of nitrogens with zero attached hydrogens (tertiary/aromatic N) is 5. The van der Waals surface area contributed by atoms with E-state index < -0.39 is 11.4 Å². The molecule has 0 radical (unpaired) electrons. The van der Waals surface area contributed by atoms with Gasteiger partial charge in [-0.1, -0.05) is 48.5 Å². The number of carbonyl (C=O) groups is 2. The number of methoxy groups -OCH3 is 2. The van der Waals surface area contributed by atoms with Gasteiger partial charge in [-0.05, 0) is 48.9 Å². The van der Waals surface area contributed by atoms with Crippen molar-refractivity contribution in [2.45, 2.75) is 83.7 Å². The van der Waals surface area contributed by atoms with Gasteiger partial charge in [0.2, 0.25) is 22.6 Å². The Morgan fingerprint density at radius 3 is 1.64 bits per heavy atom. The van der Waals surface area contributed by atoms with Gasteiger partial charge in [-0.25, -0.2) is 14.8 Å². The summed E-state index contributed by atoms with van der Waals surface area (Å²) >= 11 is 0. The maximum Gasteiger partial charge on any atom is 0.341 e. The van der Waals surface area contributed by atoms with Gasteiger partial charge < -0.3 is 53.0 Å². The minimum absolute atomic E-state index is 0. The molecule has 17 heteroatoms. The number of pyridine rings is 4. The second-order valence-electron chi connectivity index (χ2n) is 17.8. The zero-order valence-corrected chi connectivity index (χ0v) is 40.3. The fourth-order valence-corrected chi connectivity index (χ4v) is 9.62. The van der Waals surface area contributed by atoms with Crippen molar-refractivity contribution in [1.82, 2.24) is 24.0 Å². The van der Waals surface area contributed by atoms with Gasteiger partial charge in [-0.3, -0.25) is 14.4 Å². The first-order valence-corrected chi connectivity index (χ1v) is 23.8. The largest absolute Gasteiger partial charge is 0.477 e. The number of benzene rings is 2. The van der Waals surface area contributed by atoms with Crippen LogP contribution in [0.1, 0.15) is 69.7 Å². The molecule has 70 heavy (non-hydrogen) atoms. The van der Waals surface area contributed by atoms with E-state index in [-0.39, 0.29) is 46.2 Å². The van der Waals surface area contributed by atoms with Crippen molar-refractivity contribution in [2.24, 2.45) is 5.92 Å². The molecule has 2 saturated heterocycles. The Morgan fingerprint density at radius 2 is 1.19 bits per heavy atom. The van der Waals surface area contributed by atoms with Crippen LogP contribution in [0.3, 0.4) is 0 Å². The molecule has 372 valence electrons. The van der Waals surface area contributed by atoms with Crippen molar-refractivity contribution in [3.05, 3.63) is 139 Å². The quantitative estimate of drug-likeness (QED) is 0.164. The molecule has 2 aromatic carbocycles. The number of aryl methyl sites for hydroxylation is 2. The molecule has 0 bridgehead atoms. The van der Waals surface area contributed by atoms with Crippen LogP contribution in [-0.2, 0) is 57.7 Å². The number of fused-ring (bicyclic) bond motifs is 4. The summed E-state index contributed by atoms with van der Waals surface area (Å²) < 4.78 is 36.8. The molecule has 2 atom stereocenters. The third-order valence-electron chi connectivity index (χ3n) is 13.1. The van der Waals surface area contributed by atoms with Crippen LogP contribution < -0.4 is 20.3 Å². The third kappa shape index (κ3) is 11.7. The van der Waals surface area contributed by atoms with Crippen LogP contribution in [0.25, 0.3) is 21.8 Å². The number of rotatable bonds is 12. The first-order chi connectivity index (χ1) is 33.6. The number of carboxylic acids is 1. The molecule has 4 aliphatic rings. The van der Waals surface area contributed by atoms with E-state index in [0.29, 0.717) is 78.9 Å². The van der Waals surface area contributed by atoms with Gasteiger partial charge in [-0.2, -0.15) is 0 Å². The minimum Gasteiger partial charge on any atom is -0.477 e. The van der Waals surface area contributed by atoms with Gasteiger partial charge in [0.1, 0.15) is 23.3 Å². The first-order valence-electron chi connectivity index (χ1n) is 23.8. The molecule has 6 aromatic rings. The van der Waals surface area contributed by atoms with Crippen molar-refractivity contribution < 1.29 is 48.6 Å². The second kappa shape index (κ2) is 23.9. The molecule has 6 heterocycles. The predicted molar refractivity (Wildman–Crippen MR) is 263 cm³/mol. The van der Waals surface area contributed by atoms with Crippen LogP contribution >= 0.6 is 0 Å². The highest BCUT2D eigenvalue weighted by atomic mass is 16.5. The summed E-state index contributed by atoms with van der Waals surface area (Å²) in [5.74, 6) is -0.130. The normalized spacial score (nSPS) is 17.6. The van der Waals surface area contributed by atoms with Crippen LogP contribution in [-0.4, -0.2) is 125 Å². The van der Waals surface area contributed by atoms with Gasteiger partial charge in [0.15, 0.2) is 0 Å². The SMILES string of the molecule is CCn1cc(C(=O)N2CCOC[C@@H]2COC)c(=O)c2cc(OC3Cc4ccccc4C3)ncc21.CCn1cc(C(=O)O)c(=O)c2cc(OC3Cc4ccccc4C3)ncc21.COC[C@@H]1CCCOC1.O. The van der Waals surface area contributed by atoms with Crippen LogP contribution in [0.2, 0.25) is 0 Å². The van der Waals surface area contributed by atoms with E-state index in [9.17, 15) is 24.3 Å². The highest BCUT2D eigenvalue weighted by Crippen LogP contribution is 2.28. The molecular weight excluding hydrogens is 899 g/mol. The van der Waals surface area contributed by atoms with Crippen LogP contribution in [0.4, 0.5) is 0 Å². The Hall–Kier alpha value is -6.50. The summed E-state index contributed by atoms with van der Waals surface area (Å²) in [6.45, 7) is 9.30. The number of ether oxygens (including phenoxy) is 6. The van der Waals surface area contributed by atoms with Crippen LogP contribution in [0.5, 0.6) is 11.8 Å². The molecule has 2 aliphatic carbocycles. The Morgan fingerprint density at radius 1 is 0.700 bits per heavy atom. The fourth-order valence-electron chi connectivity index (χ4n) is 9.62. The van der Waals surface area contributed by atoms with E-state index in [4.69, 9.17) is 28.4 Å². The number of carbonyl (C=O) groups excluding carboxylic acids is 1. The van der Waals surface area contributed by atoms with Gasteiger partial charge in [-0.15, -0.1) is 0 Å². The molecule has 0 saturated carbocycles. The van der Waals surface area contributed by atoms with Crippen LogP contribution in [0, 0.1) is 5.92 Å². The van der Waals surface area contributed by atoms with Gasteiger partial charge >= 0.3 is 5.97 Å². The molecule has 4 aromatic heterocycles. The standard InChI is InChI=1S/C26H29N3O5.C20H18N2O4.C7H14O2.H2O/c1-3-28-14-22(26(31)29-8-9-33-16-19(29)15-32-2)25(30)21-12-24(27-13-23(21)28)34-20-10-17-6-4-5-7-18(17)11-20;1-2-22-11-16(20(24)25)19(23)15-9-18(21-10-17(15)22)26-14-7-12-5-3-4-6-13(12)8-14;1-8-5-7-3-2-4-9-6-7;/h4-7,12-14,19-20H,3,8-11,15-16H2,1-2H3;3-6,9-11,14H,2,7-8H2,1H3,(H,24,25);7H,2-6H2,1H3;1H2/t19-;;7-;/m0.0./s1. The van der Waals surface area contributed by atoms with E-state index in [2.05, 4.69) is 34.2 Å². The summed E-state index contributed by atoms with van der Waals surface area (Å²) in [7, 11) is 3.34. The Kier molecular flexibility index (Phi) is 17.5. The minimum atomic E-state index is -1.23. The molecule has 1 amide bonds. The predicted octanol–water partition coefficient (Wildman–Crippen LogP) is 5.35. The zero-order chi connectivity index (χ0) is 48.4. The maximum absolute atomic E-state index is 13.5. The lowest BCUT2D eigenvalue weighted by Gasteiger charge is -2.35. The van der Waals surface area contributed by atoms with Gasteiger partial charge in [0, 0.05) is 96.6 Å². The number of hydrogen-bond donors (Lipinski definition) is 1. The zero-order valence-electron chi connectivity index (χ0n) is 40.3. The van der Waals surface area contributed by atoms with E-state index in [1.54, 1.807) is 54.4 Å². The first kappa shape index (κ1) is 51.4. The highest BCUT2D eigenvalue weighted by Gasteiger charge is 2.31. The summed E-state index contributed by atoms with van der Waals surface area (Å²) in [6.07, 6.45) is 11.9. The highest BCUT2D eigenvalue weighted by molar-refractivity contribution is 5.97. The van der Waals surface area contributed by atoms with Gasteiger partial charge in [0.05, 0.1) is 73.3 Å². The van der Waals surface area contributed by atoms with Crippen LogP contribution in [0.15, 0.2) is 95.0 Å². The number of aromatic nitrogens is 4. The summed E-state index contributed by atoms with van der Waals surface area (Å²) in [6, 6.07) is 19.5. The number of amides is 1. The van der Waals surface area contributed by atoms with E-state index in [0.717, 1.165) is 45.5 Å². The molecule has 0 unspecified atom stereocenters. The van der Waals surface area contributed by atoms with Crippen molar-refractivity contribution in [3.63, 3.8) is 0 Å². The molecule has 0 spiro atoms. The van der Waals surface area contributed by atoms with E-state index in [1.165, 1.54) is 41.3 Å². The van der Waals surface area contributed by atoms with E-state index in [1.807, 2.05) is 42.7 Å². The molecule has 3 N–H and O–H groups in total. The summed E-state index contributed by atoms with van der Waals surface area (Å²) in [5, 5.41) is 10.0. The third-order valence-corrected chi connectivity index (χ3v) is 13.1. The maximum atomic E-state index is 13.5. The molecule has 17 nitrogen and oxygen atoms in total. The van der Waals surface area contributed by atoms with Crippen molar-refractivity contribution in [1.29, 1.82) is 0 Å². The molecular formula is C53H63N5O12. The fraction of sp³-hybridized carbons (Fsp3) is 0.434. The smallest absolute Gasteiger partial charge is 0.341 e. The number of morpholine rings is 1. The monoisotopic (exact) mass is 961 g/mol. The molecule has 2 aliphatic heterocycles. The Balaban J connectivity index is 0.000000177. The number of aromatic carboxylic acids is 1. The van der Waals surface area contributed by atoms with E-state index >= 15 is 0 Å². The lowest BCUT2D eigenvalue weighted by atomic mass is 10.0. The topological polar surface area (TPSA) is 214 Å². The van der Waals surface area contributed by atoms with Gasteiger partial charge in [0.25, 0.3) is 5.91 Å². The summed E-state index contributed by atoms with van der Waals surface area (Å²) in [5.41, 5.74) is 5.45.